The molecule has 0 aliphatic carbocycles. The predicted octanol–water partition coefficient (Wildman–Crippen LogP) is 5.29. The van der Waals surface area contributed by atoms with Gasteiger partial charge in [-0.3, -0.25) is 9.88 Å². The first-order chi connectivity index (χ1) is 19.5. The Bertz CT molecular complexity index is 1370. The van der Waals surface area contributed by atoms with Crippen molar-refractivity contribution in [2.45, 2.75) is 39.4 Å². The van der Waals surface area contributed by atoms with Gasteiger partial charge in [0.05, 0.1) is 24.2 Å². The highest BCUT2D eigenvalue weighted by atomic mass is 19.1. The summed E-state index contributed by atoms with van der Waals surface area (Å²) in [5.74, 6) is 0.0528. The number of pyridine rings is 1. The fourth-order valence-corrected chi connectivity index (χ4v) is 4.31. The summed E-state index contributed by atoms with van der Waals surface area (Å²) >= 11 is 0. The number of benzene rings is 1. The number of amides is 2. The summed E-state index contributed by atoms with van der Waals surface area (Å²) in [5, 5.41) is 12.5. The summed E-state index contributed by atoms with van der Waals surface area (Å²) in [4.78, 5) is 30.7. The van der Waals surface area contributed by atoms with Crippen LogP contribution in [-0.4, -0.2) is 65.2 Å². The monoisotopic (exact) mass is 565 g/mol. The minimum atomic E-state index is -0.549. The number of cyclic esters (lactones) is 1. The summed E-state index contributed by atoms with van der Waals surface area (Å²) in [5.41, 5.74) is 1.04. The largest absolute Gasteiger partial charge is 0.471 e. The molecule has 2 saturated heterocycles. The van der Waals surface area contributed by atoms with E-state index in [4.69, 9.17) is 19.5 Å². The Hall–Kier alpha value is -4.66. The van der Waals surface area contributed by atoms with Crippen LogP contribution in [0.15, 0.2) is 59.6 Å². The predicted molar refractivity (Wildman–Crippen MR) is 145 cm³/mol. The Kier molecular flexibility index (Phi) is 9.07. The van der Waals surface area contributed by atoms with Crippen LogP contribution in [0.25, 0.3) is 11.1 Å². The number of anilines is 1. The second-order valence-corrected chi connectivity index (χ2v) is 10.8. The zero-order valence-electron chi connectivity index (χ0n) is 23.3. The van der Waals surface area contributed by atoms with Crippen LogP contribution in [0.2, 0.25) is 0 Å². The molecule has 2 aliphatic heterocycles. The first-order valence-corrected chi connectivity index (χ1v) is 13.1. The van der Waals surface area contributed by atoms with Crippen LogP contribution in [0.5, 0.6) is 5.88 Å². The van der Waals surface area contributed by atoms with Gasteiger partial charge in [-0.05, 0) is 56.1 Å². The number of nitrogens with zero attached hydrogens (tertiary/aromatic N) is 5. The molecule has 2 unspecified atom stereocenters. The van der Waals surface area contributed by atoms with Crippen LogP contribution in [0.3, 0.4) is 0 Å². The molecule has 216 valence electrons. The van der Waals surface area contributed by atoms with Gasteiger partial charge in [-0.15, -0.1) is 0 Å². The third-order valence-electron chi connectivity index (χ3n) is 6.37. The minimum absolute atomic E-state index is 0.0579. The molecule has 4 heterocycles. The van der Waals surface area contributed by atoms with E-state index in [0.717, 1.165) is 0 Å². The number of ether oxygens (including phenoxy) is 3. The Morgan fingerprint density at radius 3 is 2.63 bits per heavy atom. The highest BCUT2D eigenvalue weighted by Crippen LogP contribution is 2.29. The van der Waals surface area contributed by atoms with E-state index in [2.05, 4.69) is 20.7 Å². The fourth-order valence-electron chi connectivity index (χ4n) is 4.31. The molecule has 5 rings (SSSR count). The molecule has 0 saturated carbocycles. The summed E-state index contributed by atoms with van der Waals surface area (Å²) < 4.78 is 35.0. The molecule has 0 bridgehead atoms. The quantitative estimate of drug-likeness (QED) is 0.405. The number of likely N-dealkylation sites (tertiary alicyclic amines) is 1. The van der Waals surface area contributed by atoms with E-state index in [1.165, 1.54) is 17.2 Å². The molecule has 41 heavy (non-hydrogen) atoms. The van der Waals surface area contributed by atoms with Crippen molar-refractivity contribution in [2.75, 3.05) is 31.1 Å². The lowest BCUT2D eigenvalue weighted by atomic mass is 10.0. The van der Waals surface area contributed by atoms with Crippen molar-refractivity contribution in [3.63, 3.8) is 0 Å². The molecule has 0 spiro atoms. The first kappa shape index (κ1) is 29.3. The minimum Gasteiger partial charge on any atom is -0.471 e. The molecule has 12 heteroatoms. The molecular formula is C29H32FN5O6. The van der Waals surface area contributed by atoms with Crippen molar-refractivity contribution in [3.8, 4) is 23.1 Å². The average molecular weight is 566 g/mol. The number of nitriles is 1. The van der Waals surface area contributed by atoms with Crippen LogP contribution >= 0.6 is 0 Å². The van der Waals surface area contributed by atoms with Crippen molar-refractivity contribution < 1.29 is 32.7 Å². The first-order valence-electron chi connectivity index (χ1n) is 13.1. The van der Waals surface area contributed by atoms with Crippen molar-refractivity contribution in [2.24, 2.45) is 11.8 Å². The Morgan fingerprint density at radius 2 is 2.02 bits per heavy atom. The smallest absolute Gasteiger partial charge is 0.414 e. The molecule has 0 radical (unpaired) electrons. The van der Waals surface area contributed by atoms with Gasteiger partial charge in [-0.1, -0.05) is 13.0 Å². The zero-order chi connectivity index (χ0) is 29.6. The molecule has 3 atom stereocenters. The van der Waals surface area contributed by atoms with Gasteiger partial charge in [0.2, 0.25) is 0 Å². The van der Waals surface area contributed by atoms with E-state index >= 15 is 0 Å². The Balaban J connectivity index is 0.000000221. The maximum atomic E-state index is 14.5. The van der Waals surface area contributed by atoms with Crippen LogP contribution in [0.1, 0.15) is 27.7 Å². The van der Waals surface area contributed by atoms with E-state index in [-0.39, 0.29) is 31.1 Å². The van der Waals surface area contributed by atoms with Gasteiger partial charge in [-0.25, -0.2) is 14.0 Å². The lowest BCUT2D eigenvalue weighted by molar-refractivity contribution is 0.0286. The number of halogens is 1. The van der Waals surface area contributed by atoms with Gasteiger partial charge >= 0.3 is 12.2 Å². The van der Waals surface area contributed by atoms with Crippen LogP contribution in [0, 0.1) is 29.0 Å². The molecule has 1 aromatic carbocycles. The van der Waals surface area contributed by atoms with Crippen LogP contribution in [-0.2, 0) is 9.47 Å². The number of carbonyl (C=O) groups excluding carboxylic acids is 2. The van der Waals surface area contributed by atoms with Crippen molar-refractivity contribution in [3.05, 3.63) is 60.9 Å². The normalized spacial score (nSPS) is 20.1. The highest BCUT2D eigenvalue weighted by molar-refractivity contribution is 5.90. The molecule has 11 nitrogen and oxygen atoms in total. The summed E-state index contributed by atoms with van der Waals surface area (Å²) in [6.45, 7) is 9.00. The van der Waals surface area contributed by atoms with Gasteiger partial charge in [0.1, 0.15) is 24.3 Å². The van der Waals surface area contributed by atoms with Gasteiger partial charge in [0.25, 0.3) is 5.88 Å². The second kappa shape index (κ2) is 12.7. The van der Waals surface area contributed by atoms with E-state index < -0.39 is 23.6 Å². The van der Waals surface area contributed by atoms with E-state index in [1.54, 1.807) is 47.6 Å². The third kappa shape index (κ3) is 7.72. The average Bonchev–Trinajstić information content (AvgIpc) is 3.67. The lowest BCUT2D eigenvalue weighted by Crippen LogP contribution is -2.35. The van der Waals surface area contributed by atoms with Gasteiger partial charge in [-0.2, -0.15) is 5.26 Å². The molecule has 2 aliphatic rings. The van der Waals surface area contributed by atoms with Crippen molar-refractivity contribution >= 4 is 17.9 Å². The SMILES string of the molecule is C[C@@H]1CN(C(=O)OC(C)(C)C)CC1C#N.O=C1OC(COc2ccon2)CN1c1ccc(-c2cccnc2)c(F)c1. The van der Waals surface area contributed by atoms with Crippen molar-refractivity contribution in [1.29, 1.82) is 5.26 Å². The number of aromatic nitrogens is 2. The summed E-state index contributed by atoms with van der Waals surface area (Å²) in [7, 11) is 0. The van der Waals surface area contributed by atoms with Crippen LogP contribution < -0.4 is 9.64 Å². The highest BCUT2D eigenvalue weighted by Gasteiger charge is 2.35. The van der Waals surface area contributed by atoms with E-state index in [9.17, 15) is 14.0 Å². The number of hydrogen-bond acceptors (Lipinski definition) is 9. The second-order valence-electron chi connectivity index (χ2n) is 10.8. The summed E-state index contributed by atoms with van der Waals surface area (Å²) in [6, 6.07) is 11.9. The number of rotatable bonds is 5. The van der Waals surface area contributed by atoms with Gasteiger partial charge in [0, 0.05) is 42.7 Å². The maximum absolute atomic E-state index is 14.5. The van der Waals surface area contributed by atoms with E-state index in [1.807, 2.05) is 27.7 Å². The van der Waals surface area contributed by atoms with Crippen LogP contribution in [0.4, 0.5) is 19.7 Å². The molecule has 2 fully saturated rings. The molecule has 3 aromatic rings. The molecule has 2 aromatic heterocycles. The van der Waals surface area contributed by atoms with Gasteiger partial charge < -0.3 is 23.6 Å². The third-order valence-corrected chi connectivity index (χ3v) is 6.37. The van der Waals surface area contributed by atoms with Crippen molar-refractivity contribution in [1.82, 2.24) is 15.0 Å². The van der Waals surface area contributed by atoms with E-state index in [0.29, 0.717) is 35.8 Å². The summed E-state index contributed by atoms with van der Waals surface area (Å²) in [6.07, 6.45) is 3.24. The standard InChI is InChI=1S/C18H14FN3O4.C11H18N2O2/c19-16-8-13(3-4-15(16)12-2-1-6-20-9-12)22-10-14(26-18(22)23)11-24-17-5-7-25-21-17;1-8-6-13(7-9(8)5-12)10(14)15-11(2,3)4/h1-9,14H,10-11H2;8-9H,6-7H2,1-4H3/t;8-,9?/m.1/s1. The maximum Gasteiger partial charge on any atom is 0.414 e. The fraction of sp³-hybridized carbons (Fsp3) is 0.414. The number of carbonyl (C=O) groups is 2. The molecule has 2 amide bonds. The topological polar surface area (TPSA) is 131 Å². The zero-order valence-corrected chi connectivity index (χ0v) is 23.3. The molecule has 0 N–H and O–H groups in total. The molecular weight excluding hydrogens is 533 g/mol. The Labute approximate surface area is 237 Å². The Morgan fingerprint density at radius 1 is 1.22 bits per heavy atom. The number of hydrogen-bond donors (Lipinski definition) is 0. The van der Waals surface area contributed by atoms with Gasteiger partial charge in [0.15, 0.2) is 6.10 Å². The lowest BCUT2D eigenvalue weighted by Gasteiger charge is -2.24.